The van der Waals surface area contributed by atoms with Crippen molar-refractivity contribution in [2.75, 3.05) is 5.32 Å². The van der Waals surface area contributed by atoms with E-state index >= 15 is 0 Å². The Balaban J connectivity index is 1.89. The van der Waals surface area contributed by atoms with Crippen LogP contribution in [-0.4, -0.2) is 21.4 Å². The number of aliphatic imine (C=N–C) groups is 1. The van der Waals surface area contributed by atoms with Crippen LogP contribution in [0.5, 0.6) is 0 Å². The van der Waals surface area contributed by atoms with Crippen molar-refractivity contribution in [3.05, 3.63) is 64.8 Å². The number of aromatic nitrogens is 2. The first-order valence-corrected chi connectivity index (χ1v) is 7.44. The second kappa shape index (κ2) is 7.12. The highest BCUT2D eigenvalue weighted by Crippen LogP contribution is 2.21. The van der Waals surface area contributed by atoms with Gasteiger partial charge in [-0.15, -0.1) is 0 Å². The minimum absolute atomic E-state index is 0.108. The van der Waals surface area contributed by atoms with Gasteiger partial charge in [-0.05, 0) is 53.6 Å². The predicted molar refractivity (Wildman–Crippen MR) is 91.3 cm³/mol. The van der Waals surface area contributed by atoms with Gasteiger partial charge in [0.1, 0.15) is 0 Å². The molecule has 122 valence electrons. The van der Waals surface area contributed by atoms with Crippen LogP contribution in [0.4, 0.5) is 17.2 Å². The van der Waals surface area contributed by atoms with E-state index in [9.17, 15) is 5.21 Å². The minimum atomic E-state index is 0.108. The Morgan fingerprint density at radius 2 is 1.79 bits per heavy atom. The molecule has 2 aromatic carbocycles. The molecule has 0 amide bonds. The number of hydrogen-bond donors (Lipinski definition) is 3. The maximum Gasteiger partial charge on any atom is 0.206 e. The van der Waals surface area contributed by atoms with Crippen molar-refractivity contribution in [3.63, 3.8) is 0 Å². The molecule has 3 rings (SSSR count). The third-order valence-corrected chi connectivity index (χ3v) is 3.45. The van der Waals surface area contributed by atoms with Crippen molar-refractivity contribution in [2.45, 2.75) is 6.92 Å². The summed E-state index contributed by atoms with van der Waals surface area (Å²) in [7, 11) is 0. The first kappa shape index (κ1) is 16.0. The van der Waals surface area contributed by atoms with Crippen molar-refractivity contribution in [1.29, 1.82) is 0 Å². The Morgan fingerprint density at radius 1 is 1.08 bits per heavy atom. The van der Waals surface area contributed by atoms with Crippen LogP contribution in [0.25, 0.3) is 0 Å². The molecular weight excluding hydrogens is 330 g/mol. The second-order valence-corrected chi connectivity index (χ2v) is 5.44. The summed E-state index contributed by atoms with van der Waals surface area (Å²) in [6, 6.07) is 14.5. The number of anilines is 2. The van der Waals surface area contributed by atoms with Crippen molar-refractivity contribution in [1.82, 2.24) is 15.8 Å². The van der Waals surface area contributed by atoms with Crippen LogP contribution in [-0.2, 0) is 0 Å². The molecule has 3 aromatic rings. The molecule has 0 aliphatic heterocycles. The Hall–Kier alpha value is -2.90. The van der Waals surface area contributed by atoms with E-state index < -0.39 is 0 Å². The highest BCUT2D eigenvalue weighted by molar-refractivity contribution is 6.30. The maximum absolute atomic E-state index is 9.41. The zero-order valence-electron chi connectivity index (χ0n) is 12.7. The molecule has 8 heteroatoms. The van der Waals surface area contributed by atoms with Gasteiger partial charge in [0.25, 0.3) is 0 Å². The van der Waals surface area contributed by atoms with Gasteiger partial charge in [-0.3, -0.25) is 10.7 Å². The topological polar surface area (TPSA) is 95.6 Å². The Bertz CT molecular complexity index is 844. The molecule has 0 saturated heterocycles. The first-order chi connectivity index (χ1) is 11.7. The molecule has 0 aliphatic rings. The van der Waals surface area contributed by atoms with Gasteiger partial charge < -0.3 is 5.32 Å². The Kier molecular flexibility index (Phi) is 4.74. The van der Waals surface area contributed by atoms with Crippen molar-refractivity contribution in [2.24, 2.45) is 4.99 Å². The number of halogens is 1. The van der Waals surface area contributed by atoms with Gasteiger partial charge in [0.15, 0.2) is 11.5 Å². The summed E-state index contributed by atoms with van der Waals surface area (Å²) < 4.78 is 4.76. The quantitative estimate of drug-likeness (QED) is 0.378. The SMILES string of the molecule is Cc1ccc(N=C(NO)c2nonc2Nc2ccc(Cl)cc2)cc1. The highest BCUT2D eigenvalue weighted by atomic mass is 35.5. The molecule has 24 heavy (non-hydrogen) atoms. The number of nitrogens with zero attached hydrogens (tertiary/aromatic N) is 3. The molecular formula is C16H14ClN5O2. The third kappa shape index (κ3) is 3.70. The zero-order chi connectivity index (χ0) is 16.9. The van der Waals surface area contributed by atoms with E-state index in [-0.39, 0.29) is 11.5 Å². The summed E-state index contributed by atoms with van der Waals surface area (Å²) in [5.41, 5.74) is 4.77. The molecule has 0 aliphatic carbocycles. The van der Waals surface area contributed by atoms with Crippen LogP contribution in [0.2, 0.25) is 5.02 Å². The zero-order valence-corrected chi connectivity index (χ0v) is 13.4. The molecule has 7 nitrogen and oxygen atoms in total. The largest absolute Gasteiger partial charge is 0.335 e. The lowest BCUT2D eigenvalue weighted by atomic mass is 10.2. The normalized spacial score (nSPS) is 11.4. The van der Waals surface area contributed by atoms with Crippen LogP contribution in [0, 0.1) is 6.92 Å². The lowest BCUT2D eigenvalue weighted by Crippen LogP contribution is -2.21. The number of aryl methyl sites for hydroxylation is 1. The molecule has 0 fully saturated rings. The van der Waals surface area contributed by atoms with Gasteiger partial charge in [-0.2, -0.15) is 0 Å². The smallest absolute Gasteiger partial charge is 0.206 e. The van der Waals surface area contributed by atoms with Crippen LogP contribution in [0.15, 0.2) is 58.2 Å². The summed E-state index contributed by atoms with van der Waals surface area (Å²) in [6.45, 7) is 1.98. The second-order valence-electron chi connectivity index (χ2n) is 5.00. The standard InChI is InChI=1S/C16H14ClN5O2/c1-10-2-6-12(7-3-10)18-15(20-23)14-16(22-24-21-14)19-13-8-4-11(17)5-9-13/h2-9,23H,1H3,(H,18,20)(H,19,22). The number of hydrogen-bond acceptors (Lipinski definition) is 6. The summed E-state index contributed by atoms with van der Waals surface area (Å²) in [5, 5.41) is 20.6. The predicted octanol–water partition coefficient (Wildman–Crippen LogP) is 3.83. The Morgan fingerprint density at radius 3 is 2.46 bits per heavy atom. The van der Waals surface area contributed by atoms with E-state index in [0.717, 1.165) is 11.3 Å². The van der Waals surface area contributed by atoms with Crippen molar-refractivity contribution in [3.8, 4) is 0 Å². The Labute approximate surface area is 142 Å². The summed E-state index contributed by atoms with van der Waals surface area (Å²) in [5.74, 6) is 0.418. The number of benzene rings is 2. The molecule has 0 unspecified atom stereocenters. The lowest BCUT2D eigenvalue weighted by Gasteiger charge is -2.06. The molecule has 0 spiro atoms. The monoisotopic (exact) mass is 343 g/mol. The molecule has 0 saturated carbocycles. The fourth-order valence-corrected chi connectivity index (χ4v) is 2.10. The molecule has 1 heterocycles. The average Bonchev–Trinajstić information content (AvgIpc) is 3.04. The number of nitrogens with one attached hydrogen (secondary N) is 2. The van der Waals surface area contributed by atoms with Gasteiger partial charge in [0.05, 0.1) is 5.69 Å². The fourth-order valence-electron chi connectivity index (χ4n) is 1.98. The maximum atomic E-state index is 9.41. The van der Waals surface area contributed by atoms with Gasteiger partial charge in [0, 0.05) is 10.7 Å². The van der Waals surface area contributed by atoms with Gasteiger partial charge >= 0.3 is 0 Å². The molecule has 1 aromatic heterocycles. The number of hydroxylamine groups is 1. The number of amidine groups is 1. The summed E-state index contributed by atoms with van der Waals surface area (Å²) in [6.07, 6.45) is 0. The number of rotatable bonds is 4. The highest BCUT2D eigenvalue weighted by Gasteiger charge is 2.16. The van der Waals surface area contributed by atoms with Gasteiger partial charge in [0.2, 0.25) is 5.82 Å². The summed E-state index contributed by atoms with van der Waals surface area (Å²) >= 11 is 5.86. The van der Waals surface area contributed by atoms with E-state index in [1.807, 2.05) is 36.7 Å². The van der Waals surface area contributed by atoms with Crippen LogP contribution < -0.4 is 10.8 Å². The van der Waals surface area contributed by atoms with Crippen LogP contribution in [0.3, 0.4) is 0 Å². The van der Waals surface area contributed by atoms with Crippen molar-refractivity contribution >= 4 is 34.6 Å². The average molecular weight is 344 g/mol. The third-order valence-electron chi connectivity index (χ3n) is 3.20. The van der Waals surface area contributed by atoms with E-state index in [1.165, 1.54) is 0 Å². The van der Waals surface area contributed by atoms with Gasteiger partial charge in [-0.1, -0.05) is 29.3 Å². The van der Waals surface area contributed by atoms with E-state index in [1.54, 1.807) is 24.3 Å². The molecule has 0 atom stereocenters. The van der Waals surface area contributed by atoms with E-state index in [2.05, 4.69) is 20.6 Å². The molecule has 0 radical (unpaired) electrons. The first-order valence-electron chi connectivity index (χ1n) is 7.06. The van der Waals surface area contributed by atoms with Crippen LogP contribution >= 0.6 is 11.6 Å². The minimum Gasteiger partial charge on any atom is -0.335 e. The lowest BCUT2D eigenvalue weighted by molar-refractivity contribution is 0.234. The van der Waals surface area contributed by atoms with E-state index in [0.29, 0.717) is 16.5 Å². The van der Waals surface area contributed by atoms with E-state index in [4.69, 9.17) is 16.2 Å². The molecule has 3 N–H and O–H groups in total. The van der Waals surface area contributed by atoms with Crippen molar-refractivity contribution < 1.29 is 9.84 Å². The van der Waals surface area contributed by atoms with Crippen LogP contribution in [0.1, 0.15) is 11.3 Å². The summed E-state index contributed by atoms with van der Waals surface area (Å²) in [4.78, 5) is 4.31. The fraction of sp³-hybridized carbons (Fsp3) is 0.0625. The van der Waals surface area contributed by atoms with Gasteiger partial charge in [-0.25, -0.2) is 9.62 Å². The molecule has 0 bridgehead atoms.